The number of benzene rings is 2. The van der Waals surface area contributed by atoms with E-state index < -0.39 is 29.7 Å². The van der Waals surface area contributed by atoms with Gasteiger partial charge in [0.2, 0.25) is 0 Å². The molecular weight excluding hydrogens is 358 g/mol. The number of para-hydroxylation sites is 1. The number of anilines is 1. The molecule has 1 heterocycles. The normalized spacial score (nSPS) is 19.4. The number of nitrogens with zero attached hydrogens (tertiary/aromatic N) is 1. The van der Waals surface area contributed by atoms with Crippen molar-refractivity contribution in [1.82, 2.24) is 5.32 Å². The van der Waals surface area contributed by atoms with Gasteiger partial charge in [0.15, 0.2) is 6.10 Å². The highest BCUT2D eigenvalue weighted by Crippen LogP contribution is 2.41. The molecule has 0 fully saturated rings. The van der Waals surface area contributed by atoms with Crippen molar-refractivity contribution >= 4 is 17.7 Å². The summed E-state index contributed by atoms with van der Waals surface area (Å²) in [4.78, 5) is 24.3. The van der Waals surface area contributed by atoms with E-state index in [9.17, 15) is 14.9 Å². The Morgan fingerprint density at radius 2 is 1.89 bits per heavy atom. The predicted molar refractivity (Wildman–Crippen MR) is 103 cm³/mol. The topological polar surface area (TPSA) is 100 Å². The van der Waals surface area contributed by atoms with Crippen LogP contribution in [-0.4, -0.2) is 23.7 Å². The van der Waals surface area contributed by atoms with Gasteiger partial charge < -0.3 is 20.1 Å². The van der Waals surface area contributed by atoms with Crippen molar-refractivity contribution in [1.29, 1.82) is 5.26 Å². The highest BCUT2D eigenvalue weighted by Gasteiger charge is 2.47. The number of nitrogens with one attached hydrogen (secondary N) is 2. The molecule has 3 rings (SSSR count). The summed E-state index contributed by atoms with van der Waals surface area (Å²) in [6.45, 7) is 4.87. The van der Waals surface area contributed by atoms with Crippen molar-refractivity contribution < 1.29 is 19.1 Å². The number of hydrogen-bond donors (Lipinski definition) is 2. The highest BCUT2D eigenvalue weighted by molar-refractivity contribution is 5.89. The number of rotatable bonds is 3. The summed E-state index contributed by atoms with van der Waals surface area (Å²) in [6, 6.07) is 14.9. The lowest BCUT2D eigenvalue weighted by Crippen LogP contribution is -2.55. The van der Waals surface area contributed by atoms with Crippen LogP contribution in [-0.2, 0) is 9.53 Å². The maximum absolute atomic E-state index is 12.6. The van der Waals surface area contributed by atoms with Crippen molar-refractivity contribution in [3.05, 3.63) is 59.7 Å². The van der Waals surface area contributed by atoms with Crippen molar-refractivity contribution in [2.45, 2.75) is 38.5 Å². The molecule has 2 unspecified atom stereocenters. The molecule has 0 aromatic heterocycles. The third-order valence-corrected chi connectivity index (χ3v) is 4.45. The second kappa shape index (κ2) is 7.61. The average molecular weight is 379 g/mol. The van der Waals surface area contributed by atoms with Gasteiger partial charge in [-0.05, 0) is 44.2 Å². The van der Waals surface area contributed by atoms with Crippen LogP contribution in [0.3, 0.4) is 0 Å². The molecule has 28 heavy (non-hydrogen) atoms. The van der Waals surface area contributed by atoms with Gasteiger partial charge in [0, 0.05) is 18.2 Å². The Labute approximate surface area is 163 Å². The summed E-state index contributed by atoms with van der Waals surface area (Å²) in [7, 11) is 0. The van der Waals surface area contributed by atoms with E-state index in [1.165, 1.54) is 6.92 Å². The predicted octanol–water partition coefficient (Wildman–Crippen LogP) is 3.52. The molecule has 0 saturated heterocycles. The van der Waals surface area contributed by atoms with Crippen LogP contribution in [0.25, 0.3) is 0 Å². The third kappa shape index (κ3) is 4.07. The van der Waals surface area contributed by atoms with Gasteiger partial charge in [-0.25, -0.2) is 4.79 Å². The van der Waals surface area contributed by atoms with Gasteiger partial charge in [0.1, 0.15) is 17.4 Å². The van der Waals surface area contributed by atoms with Gasteiger partial charge in [0.05, 0.1) is 11.6 Å². The van der Waals surface area contributed by atoms with Crippen LogP contribution in [0.15, 0.2) is 48.5 Å². The maximum atomic E-state index is 12.6. The van der Waals surface area contributed by atoms with E-state index >= 15 is 0 Å². The summed E-state index contributed by atoms with van der Waals surface area (Å²) >= 11 is 0. The standard InChI is InChI=1S/C21H21N3O4/c1-13(25)27-19-18(24-20(26)23-15-7-5-4-6-8-15)16-11-14(12-22)9-10-17(16)28-21(19,2)3/h4-11,18-19H,1-3H3,(H2,23,24,26). The lowest BCUT2D eigenvalue weighted by Gasteiger charge is -2.44. The molecule has 2 N–H and O–H groups in total. The second-order valence-corrected chi connectivity index (χ2v) is 7.04. The molecule has 1 aliphatic rings. The van der Waals surface area contributed by atoms with Crippen molar-refractivity contribution in [2.75, 3.05) is 5.32 Å². The lowest BCUT2D eigenvalue weighted by molar-refractivity contribution is -0.162. The first-order valence-electron chi connectivity index (χ1n) is 8.83. The van der Waals surface area contributed by atoms with Gasteiger partial charge in [-0.1, -0.05) is 18.2 Å². The summed E-state index contributed by atoms with van der Waals surface area (Å²) in [5, 5.41) is 14.9. The Morgan fingerprint density at radius 1 is 1.18 bits per heavy atom. The second-order valence-electron chi connectivity index (χ2n) is 7.04. The van der Waals surface area contributed by atoms with Crippen LogP contribution in [0.4, 0.5) is 10.5 Å². The first-order valence-corrected chi connectivity index (χ1v) is 8.83. The first-order chi connectivity index (χ1) is 13.3. The van der Waals surface area contributed by atoms with E-state index in [1.54, 1.807) is 44.2 Å². The number of amides is 2. The molecule has 1 aliphatic heterocycles. The number of urea groups is 1. The number of nitriles is 1. The summed E-state index contributed by atoms with van der Waals surface area (Å²) in [5.41, 5.74) is 0.727. The minimum Gasteiger partial charge on any atom is -0.484 e. The van der Waals surface area contributed by atoms with Gasteiger partial charge in [0.25, 0.3) is 0 Å². The van der Waals surface area contributed by atoms with E-state index in [2.05, 4.69) is 16.7 Å². The quantitative estimate of drug-likeness (QED) is 0.795. The molecule has 0 radical (unpaired) electrons. The molecule has 7 heteroatoms. The minimum absolute atomic E-state index is 0.416. The summed E-state index contributed by atoms with van der Waals surface area (Å²) in [6.07, 6.45) is -0.784. The monoisotopic (exact) mass is 379 g/mol. The number of ether oxygens (including phenoxy) is 2. The SMILES string of the molecule is CC(=O)OC1C(NC(=O)Nc2ccccc2)c2cc(C#N)ccc2OC1(C)C. The van der Waals surface area contributed by atoms with Gasteiger partial charge >= 0.3 is 12.0 Å². The molecule has 2 aromatic rings. The van der Waals surface area contributed by atoms with E-state index in [1.807, 2.05) is 18.2 Å². The zero-order chi connectivity index (χ0) is 20.3. The van der Waals surface area contributed by atoms with Gasteiger partial charge in [-0.15, -0.1) is 0 Å². The molecule has 7 nitrogen and oxygen atoms in total. The number of carbonyl (C=O) groups is 2. The fourth-order valence-electron chi connectivity index (χ4n) is 3.23. The van der Waals surface area contributed by atoms with Crippen LogP contribution in [0, 0.1) is 11.3 Å². The smallest absolute Gasteiger partial charge is 0.319 e. The Balaban J connectivity index is 1.96. The minimum atomic E-state index is -0.891. The fraction of sp³-hybridized carbons (Fsp3) is 0.286. The van der Waals surface area contributed by atoms with Gasteiger partial charge in [-0.3, -0.25) is 4.79 Å². The Kier molecular flexibility index (Phi) is 5.23. The van der Waals surface area contributed by atoms with Crippen LogP contribution in [0.1, 0.15) is 37.9 Å². The van der Waals surface area contributed by atoms with Crippen molar-refractivity contribution in [3.63, 3.8) is 0 Å². The largest absolute Gasteiger partial charge is 0.484 e. The van der Waals surface area contributed by atoms with Crippen LogP contribution >= 0.6 is 0 Å². The van der Waals surface area contributed by atoms with E-state index in [0.29, 0.717) is 22.6 Å². The van der Waals surface area contributed by atoms with Crippen LogP contribution < -0.4 is 15.4 Å². The Hall–Kier alpha value is -3.53. The zero-order valence-electron chi connectivity index (χ0n) is 15.9. The van der Waals surface area contributed by atoms with E-state index in [4.69, 9.17) is 9.47 Å². The highest BCUT2D eigenvalue weighted by atomic mass is 16.6. The Morgan fingerprint density at radius 3 is 2.54 bits per heavy atom. The number of esters is 1. The molecule has 0 aliphatic carbocycles. The molecular formula is C21H21N3O4. The van der Waals surface area contributed by atoms with Crippen LogP contribution in [0.5, 0.6) is 5.75 Å². The number of fused-ring (bicyclic) bond motifs is 1. The lowest BCUT2D eigenvalue weighted by atomic mass is 9.85. The van der Waals surface area contributed by atoms with E-state index in [-0.39, 0.29) is 0 Å². The van der Waals surface area contributed by atoms with Crippen molar-refractivity contribution in [2.24, 2.45) is 0 Å². The summed E-state index contributed by atoms with van der Waals surface area (Å²) < 4.78 is 11.5. The molecule has 144 valence electrons. The van der Waals surface area contributed by atoms with E-state index in [0.717, 1.165) is 0 Å². The van der Waals surface area contributed by atoms with Crippen molar-refractivity contribution in [3.8, 4) is 11.8 Å². The maximum Gasteiger partial charge on any atom is 0.319 e. The van der Waals surface area contributed by atoms with Crippen LogP contribution in [0.2, 0.25) is 0 Å². The molecule has 0 bridgehead atoms. The number of carbonyl (C=O) groups excluding carboxylic acids is 2. The number of hydrogen-bond acceptors (Lipinski definition) is 5. The summed E-state index contributed by atoms with van der Waals surface area (Å²) in [5.74, 6) is 0.0363. The first kappa shape index (κ1) is 19.2. The van der Waals surface area contributed by atoms with Gasteiger partial charge in [-0.2, -0.15) is 5.26 Å². The molecule has 0 spiro atoms. The average Bonchev–Trinajstić information content (AvgIpc) is 2.64. The molecule has 2 amide bonds. The fourth-order valence-corrected chi connectivity index (χ4v) is 3.23. The molecule has 2 atom stereocenters. The Bertz CT molecular complexity index is 934. The molecule has 2 aromatic carbocycles. The zero-order valence-corrected chi connectivity index (χ0v) is 15.9. The molecule has 0 saturated carbocycles. The third-order valence-electron chi connectivity index (χ3n) is 4.45.